The Morgan fingerprint density at radius 1 is 1.10 bits per heavy atom. The lowest BCUT2D eigenvalue weighted by molar-refractivity contribution is -0.312. The molecule has 3 rings (SSSR count). The Bertz CT molecular complexity index is 1040. The summed E-state index contributed by atoms with van der Waals surface area (Å²) >= 11 is 0. The van der Waals surface area contributed by atoms with Crippen LogP contribution in [0.1, 0.15) is 45.1 Å². The zero-order chi connectivity index (χ0) is 20.8. The lowest BCUT2D eigenvalue weighted by Crippen LogP contribution is -2.37. The first-order chi connectivity index (χ1) is 14.0. The molecule has 0 aliphatic carbocycles. The number of benzene rings is 2. The van der Waals surface area contributed by atoms with E-state index in [1.165, 1.54) is 13.0 Å². The van der Waals surface area contributed by atoms with Crippen molar-refractivity contribution in [3.05, 3.63) is 64.5 Å². The maximum atomic E-state index is 12.1. The molecule has 0 amide bonds. The standard InChI is InChI=1S/C24H26O5/c1-3-4-5-7-12-18-13-20-19(17-10-8-6-9-11-17)14-23(25)29-22(20)15-21(18)28-16(2)24(26)27/h6,8-11,13-16H,3-5,7,12H2,1-2H3,(H,26,27)/p-1/t16-/m0/s1. The second-order valence-electron chi connectivity index (χ2n) is 7.19. The number of ether oxygens (including phenoxy) is 1. The topological polar surface area (TPSA) is 79.6 Å². The van der Waals surface area contributed by atoms with Crippen molar-refractivity contribution in [1.82, 2.24) is 0 Å². The second kappa shape index (κ2) is 9.41. The van der Waals surface area contributed by atoms with Crippen LogP contribution < -0.4 is 15.5 Å². The van der Waals surface area contributed by atoms with Gasteiger partial charge in [-0.05, 0) is 42.5 Å². The van der Waals surface area contributed by atoms with E-state index in [2.05, 4.69) is 6.92 Å². The Morgan fingerprint density at radius 3 is 2.55 bits per heavy atom. The van der Waals surface area contributed by atoms with Crippen molar-refractivity contribution in [2.24, 2.45) is 0 Å². The second-order valence-corrected chi connectivity index (χ2v) is 7.19. The minimum atomic E-state index is -1.29. The summed E-state index contributed by atoms with van der Waals surface area (Å²) in [6.45, 7) is 3.58. The van der Waals surface area contributed by atoms with E-state index in [4.69, 9.17) is 9.15 Å². The van der Waals surface area contributed by atoms with Crippen LogP contribution in [0.2, 0.25) is 0 Å². The number of rotatable bonds is 9. The number of carbonyl (C=O) groups excluding carboxylic acids is 1. The van der Waals surface area contributed by atoms with Crippen LogP contribution in [0.5, 0.6) is 5.75 Å². The van der Waals surface area contributed by atoms with E-state index in [0.29, 0.717) is 11.3 Å². The number of aliphatic carboxylic acids is 1. The largest absolute Gasteiger partial charge is 0.546 e. The van der Waals surface area contributed by atoms with E-state index in [9.17, 15) is 14.7 Å². The van der Waals surface area contributed by atoms with Crippen LogP contribution >= 0.6 is 0 Å². The molecule has 0 saturated heterocycles. The summed E-state index contributed by atoms with van der Waals surface area (Å²) in [6.07, 6.45) is 3.96. The third kappa shape index (κ3) is 5.05. The van der Waals surface area contributed by atoms with E-state index in [-0.39, 0.29) is 0 Å². The molecule has 0 saturated carbocycles. The van der Waals surface area contributed by atoms with E-state index < -0.39 is 17.7 Å². The van der Waals surface area contributed by atoms with E-state index in [1.54, 1.807) is 6.07 Å². The fourth-order valence-corrected chi connectivity index (χ4v) is 3.38. The highest BCUT2D eigenvalue weighted by Gasteiger charge is 2.15. The third-order valence-electron chi connectivity index (χ3n) is 4.95. The van der Waals surface area contributed by atoms with Crippen molar-refractivity contribution in [3.8, 4) is 16.9 Å². The first kappa shape index (κ1) is 20.6. The van der Waals surface area contributed by atoms with Crippen molar-refractivity contribution in [2.45, 2.75) is 52.1 Å². The van der Waals surface area contributed by atoms with Crippen LogP contribution in [0.4, 0.5) is 0 Å². The smallest absolute Gasteiger partial charge is 0.336 e. The fraction of sp³-hybridized carbons (Fsp3) is 0.333. The first-order valence-corrected chi connectivity index (χ1v) is 10.0. The summed E-state index contributed by atoms with van der Waals surface area (Å²) in [5, 5.41) is 12.0. The average Bonchev–Trinajstić information content (AvgIpc) is 2.71. The summed E-state index contributed by atoms with van der Waals surface area (Å²) in [4.78, 5) is 23.3. The van der Waals surface area contributed by atoms with Gasteiger partial charge in [-0.3, -0.25) is 0 Å². The Balaban J connectivity index is 2.11. The number of hydrogen-bond donors (Lipinski definition) is 0. The first-order valence-electron chi connectivity index (χ1n) is 10.0. The molecular formula is C24H25O5-. The molecule has 0 radical (unpaired) electrons. The van der Waals surface area contributed by atoms with Gasteiger partial charge in [0.25, 0.3) is 0 Å². The van der Waals surface area contributed by atoms with Crippen molar-refractivity contribution < 1.29 is 19.1 Å². The minimum Gasteiger partial charge on any atom is -0.546 e. The van der Waals surface area contributed by atoms with Crippen LogP contribution in [0, 0.1) is 0 Å². The highest BCUT2D eigenvalue weighted by atomic mass is 16.5. The number of fused-ring (bicyclic) bond motifs is 1. The minimum absolute atomic E-state index is 0.370. The van der Waals surface area contributed by atoms with Gasteiger partial charge in [-0.25, -0.2) is 4.79 Å². The summed E-state index contributed by atoms with van der Waals surface area (Å²) in [6, 6.07) is 14.7. The van der Waals surface area contributed by atoms with E-state index >= 15 is 0 Å². The number of unbranched alkanes of at least 4 members (excludes halogenated alkanes) is 3. The quantitative estimate of drug-likeness (QED) is 0.404. The molecule has 0 spiro atoms. The molecule has 0 bridgehead atoms. The lowest BCUT2D eigenvalue weighted by Gasteiger charge is -2.19. The number of carboxylic acid groups (broad SMARTS) is 1. The molecular weight excluding hydrogens is 368 g/mol. The number of hydrogen-bond acceptors (Lipinski definition) is 5. The van der Waals surface area contributed by atoms with Gasteiger partial charge in [0, 0.05) is 17.5 Å². The Labute approximate surface area is 169 Å². The van der Waals surface area contributed by atoms with Gasteiger partial charge in [0.15, 0.2) is 0 Å². The monoisotopic (exact) mass is 393 g/mol. The molecule has 1 aromatic heterocycles. The SMILES string of the molecule is CCCCCCc1cc2c(-c3ccccc3)cc(=O)oc2cc1O[C@@H](C)C(=O)[O-]. The van der Waals surface area contributed by atoms with Gasteiger partial charge in [-0.15, -0.1) is 0 Å². The summed E-state index contributed by atoms with van der Waals surface area (Å²) in [5.41, 5.74) is 2.50. The fourth-order valence-electron chi connectivity index (χ4n) is 3.38. The Kier molecular flexibility index (Phi) is 6.70. The lowest BCUT2D eigenvalue weighted by atomic mass is 9.98. The molecule has 2 aromatic carbocycles. The van der Waals surface area contributed by atoms with Crippen molar-refractivity contribution in [1.29, 1.82) is 0 Å². The van der Waals surface area contributed by atoms with Crippen LogP contribution in [0.15, 0.2) is 57.7 Å². The normalized spacial score (nSPS) is 12.1. The van der Waals surface area contributed by atoms with E-state index in [0.717, 1.165) is 54.2 Å². The van der Waals surface area contributed by atoms with Gasteiger partial charge < -0.3 is 19.1 Å². The van der Waals surface area contributed by atoms with Crippen LogP contribution in [0.25, 0.3) is 22.1 Å². The zero-order valence-corrected chi connectivity index (χ0v) is 16.8. The van der Waals surface area contributed by atoms with Gasteiger partial charge in [0.2, 0.25) is 0 Å². The van der Waals surface area contributed by atoms with E-state index in [1.807, 2.05) is 36.4 Å². The number of aryl methyl sites for hydroxylation is 1. The molecule has 29 heavy (non-hydrogen) atoms. The summed E-state index contributed by atoms with van der Waals surface area (Å²) in [7, 11) is 0. The maximum absolute atomic E-state index is 12.1. The molecule has 0 aliphatic heterocycles. The van der Waals surface area contributed by atoms with Crippen molar-refractivity contribution in [3.63, 3.8) is 0 Å². The molecule has 1 atom stereocenters. The van der Waals surface area contributed by atoms with Gasteiger partial charge >= 0.3 is 5.63 Å². The van der Waals surface area contributed by atoms with Crippen molar-refractivity contribution in [2.75, 3.05) is 0 Å². The number of carbonyl (C=O) groups is 1. The number of carboxylic acids is 1. The van der Waals surface area contributed by atoms with Crippen LogP contribution in [-0.2, 0) is 11.2 Å². The third-order valence-corrected chi connectivity index (χ3v) is 4.95. The maximum Gasteiger partial charge on any atom is 0.336 e. The Hall–Kier alpha value is -3.08. The average molecular weight is 393 g/mol. The van der Waals surface area contributed by atoms with Crippen LogP contribution in [-0.4, -0.2) is 12.1 Å². The van der Waals surface area contributed by atoms with Crippen molar-refractivity contribution >= 4 is 16.9 Å². The van der Waals surface area contributed by atoms with Gasteiger partial charge in [-0.2, -0.15) is 0 Å². The van der Waals surface area contributed by atoms with Gasteiger partial charge in [0.1, 0.15) is 17.4 Å². The van der Waals surface area contributed by atoms with Gasteiger partial charge in [-0.1, -0.05) is 56.5 Å². The van der Waals surface area contributed by atoms with Crippen LogP contribution in [0.3, 0.4) is 0 Å². The summed E-state index contributed by atoms with van der Waals surface area (Å²) in [5.74, 6) is -0.874. The highest BCUT2D eigenvalue weighted by molar-refractivity contribution is 5.94. The zero-order valence-electron chi connectivity index (χ0n) is 16.8. The molecule has 0 fully saturated rings. The predicted molar refractivity (Wildman–Crippen MR) is 111 cm³/mol. The summed E-state index contributed by atoms with van der Waals surface area (Å²) < 4.78 is 11.0. The van der Waals surface area contributed by atoms with Gasteiger partial charge in [0.05, 0.1) is 5.97 Å². The molecule has 0 aliphatic rings. The molecule has 0 unspecified atom stereocenters. The molecule has 152 valence electrons. The molecule has 5 heteroatoms. The molecule has 1 heterocycles. The predicted octanol–water partition coefficient (Wildman–Crippen LogP) is 4.10. The molecule has 5 nitrogen and oxygen atoms in total. The molecule has 3 aromatic rings. The Morgan fingerprint density at radius 2 is 1.86 bits per heavy atom. The molecule has 0 N–H and O–H groups in total. The highest BCUT2D eigenvalue weighted by Crippen LogP contribution is 2.33.